The van der Waals surface area contributed by atoms with Crippen molar-refractivity contribution in [2.24, 2.45) is 0 Å². The van der Waals surface area contributed by atoms with E-state index < -0.39 is 61.3 Å². The van der Waals surface area contributed by atoms with Crippen molar-refractivity contribution in [2.45, 2.75) is 118 Å². The quantitative estimate of drug-likeness (QED) is 0.0690. The Morgan fingerprint density at radius 3 is 0.448 bits per heavy atom. The van der Waals surface area contributed by atoms with Crippen LogP contribution in [-0.4, -0.2) is 25.3 Å². The minimum Gasteiger partial charge on any atom is -0.203 e. The van der Waals surface area contributed by atoms with Crippen LogP contribution in [0.5, 0.6) is 0 Å². The van der Waals surface area contributed by atoms with E-state index in [-0.39, 0.29) is 32.4 Å². The lowest BCUT2D eigenvalue weighted by Crippen LogP contribution is -2.16. The number of hydrogen-bond donors (Lipinski definition) is 0. The molecule has 0 spiro atoms. The number of benzene rings is 12. The fourth-order valence-corrected chi connectivity index (χ4v) is 27.9. The zero-order chi connectivity index (χ0) is 67.8. The van der Waals surface area contributed by atoms with E-state index in [1.165, 1.54) is 0 Å². The zero-order valence-electron chi connectivity index (χ0n) is 54.3. The molecule has 12 aromatic carbocycles. The molecule has 96 heavy (non-hydrogen) atoms. The van der Waals surface area contributed by atoms with Gasteiger partial charge in [-0.05, 0) is 193 Å². The predicted octanol–water partition coefficient (Wildman–Crippen LogP) is 22.2. The Balaban J connectivity index is 0.000000157. The molecule has 0 saturated heterocycles. The molecule has 12 rings (SSSR count). The van der Waals surface area contributed by atoms with Gasteiger partial charge >= 0.3 is 30.4 Å². The van der Waals surface area contributed by atoms with Gasteiger partial charge in [0, 0.05) is 44.1 Å². The summed E-state index contributed by atoms with van der Waals surface area (Å²) < 4.78 is 103. The molecule has 0 amide bonds. The van der Waals surface area contributed by atoms with Crippen molar-refractivity contribution in [1.29, 1.82) is 0 Å². The van der Waals surface area contributed by atoms with Crippen molar-refractivity contribution >= 4 is 61.3 Å². The average molecular weight is 1390 g/mol. The molecule has 0 bridgehead atoms. The summed E-state index contributed by atoms with van der Waals surface area (Å²) in [5, 5.41) is 0. The molecule has 0 radical (unpaired) electrons. The van der Waals surface area contributed by atoms with Gasteiger partial charge in [-0.1, -0.05) is 260 Å². The van der Waals surface area contributed by atoms with Gasteiger partial charge in [0.25, 0.3) is 0 Å². The molecule has 9 nitrogen and oxygen atoms in total. The maximum atomic E-state index is 13.9. The third-order valence-corrected chi connectivity index (χ3v) is 31.4. The van der Waals surface area contributed by atoms with E-state index in [2.05, 4.69) is 0 Å². The molecule has 0 aliphatic rings. The van der Waals surface area contributed by atoms with Gasteiger partial charge in [-0.2, -0.15) is 25.3 Å². The molecule has 0 fully saturated rings. The molecule has 0 aliphatic carbocycles. The van der Waals surface area contributed by atoms with Crippen LogP contribution in [0.4, 0.5) is 0 Å². The van der Waals surface area contributed by atoms with Crippen molar-refractivity contribution < 1.29 is 36.1 Å². The Hall–Kier alpha value is -8.58. The second-order valence-corrected chi connectivity index (χ2v) is 36.4. The van der Waals surface area contributed by atoms with Gasteiger partial charge in [-0.25, -0.2) is 10.9 Å². The monoisotopic (exact) mass is 1390 g/mol. The Labute approximate surface area is 573 Å². The minimum absolute atomic E-state index is 0.0409. The van der Waals surface area contributed by atoms with Crippen LogP contribution < -0.4 is 0 Å². The van der Waals surface area contributed by atoms with Crippen LogP contribution >= 0.6 is 30.9 Å². The van der Waals surface area contributed by atoms with E-state index in [9.17, 15) is 25.3 Å². The highest BCUT2D eigenvalue weighted by Crippen LogP contribution is 2.73. The van der Waals surface area contributed by atoms with Crippen molar-refractivity contribution in [3.8, 4) is 0 Å². The lowest BCUT2D eigenvalue weighted by Gasteiger charge is -2.39. The molecular weight excluding hydrogens is 1310 g/mol. The van der Waals surface area contributed by atoms with E-state index >= 15 is 0 Å². The summed E-state index contributed by atoms with van der Waals surface area (Å²) >= 11 is 0. The topological polar surface area (TPSA) is 130 Å². The first-order valence-corrected chi connectivity index (χ1v) is 40.4. The smallest absolute Gasteiger partial charge is 0.203 e. The molecule has 15 heteroatoms. The van der Waals surface area contributed by atoms with Gasteiger partial charge in [-0.15, -0.1) is 0 Å². The van der Waals surface area contributed by atoms with Gasteiger partial charge in [0.15, 0.2) is 0 Å². The molecule has 492 valence electrons. The standard InChI is InChI=1S/3C27H26O3S2/c3*1-22(2)26-20-12-13-21-27(26)32(28,29)30-31(23-14-6-3-7-15-23,24-16-8-4-9-17-24)25-18-10-5-11-19-25/h3*3-22H,1-2H3. The number of rotatable bonds is 21. The van der Waals surface area contributed by atoms with Gasteiger partial charge < -0.3 is 0 Å². The van der Waals surface area contributed by atoms with Crippen molar-refractivity contribution in [2.75, 3.05) is 0 Å². The number of hydrogen-bond acceptors (Lipinski definition) is 9. The van der Waals surface area contributed by atoms with Crippen LogP contribution in [0, 0.1) is 0 Å². The van der Waals surface area contributed by atoms with Gasteiger partial charge in [0.2, 0.25) is 0 Å². The Morgan fingerprint density at radius 1 is 0.188 bits per heavy atom. The maximum absolute atomic E-state index is 13.9. The van der Waals surface area contributed by atoms with Crippen LogP contribution in [0.15, 0.2) is 405 Å². The van der Waals surface area contributed by atoms with E-state index in [1.807, 2.05) is 351 Å². The lowest BCUT2D eigenvalue weighted by molar-refractivity contribution is 0.504. The van der Waals surface area contributed by atoms with Crippen LogP contribution in [0.2, 0.25) is 0 Å². The summed E-state index contributed by atoms with van der Waals surface area (Å²) in [6.07, 6.45) is 0. The second-order valence-electron chi connectivity index (χ2n) is 23.1. The Kier molecular flexibility index (Phi) is 23.1. The van der Waals surface area contributed by atoms with Gasteiger partial charge in [0.1, 0.15) is 0 Å². The molecule has 0 saturated carbocycles. The van der Waals surface area contributed by atoms with E-state index in [4.69, 9.17) is 10.9 Å². The Morgan fingerprint density at radius 2 is 0.312 bits per heavy atom. The maximum Gasteiger partial charge on any atom is 0.307 e. The lowest BCUT2D eigenvalue weighted by atomic mass is 10.0. The van der Waals surface area contributed by atoms with Crippen molar-refractivity contribution in [3.05, 3.63) is 362 Å². The average Bonchev–Trinajstić information content (AvgIpc) is 0.817. The largest absolute Gasteiger partial charge is 0.307 e. The summed E-state index contributed by atoms with van der Waals surface area (Å²) in [7, 11) is -20.0. The summed E-state index contributed by atoms with van der Waals surface area (Å²) in [5.41, 5.74) is 2.24. The van der Waals surface area contributed by atoms with E-state index in [0.717, 1.165) is 60.7 Å². The fraction of sp³-hybridized carbons (Fsp3) is 0.111. The minimum atomic E-state index is -4.10. The fourth-order valence-electron chi connectivity index (χ4n) is 11.2. The molecular formula is C81H78O9S6. The van der Waals surface area contributed by atoms with Crippen LogP contribution in [0.1, 0.15) is 76.0 Å². The summed E-state index contributed by atoms with van der Waals surface area (Å²) in [5.74, 6) is 0.123. The van der Waals surface area contributed by atoms with Crippen LogP contribution in [0.25, 0.3) is 0 Å². The SMILES string of the molecule is CC(C)c1ccccc1S(=O)(=O)OS(c1ccccc1)(c1ccccc1)c1ccccc1.CC(C)c1ccccc1S(=O)(=O)OS(c1ccccc1)(c1ccccc1)c1ccccc1.CC(C)c1ccccc1S(=O)(=O)OS(c1ccccc1)(c1ccccc1)c1ccccc1. The zero-order valence-corrected chi connectivity index (χ0v) is 59.2. The highest BCUT2D eigenvalue weighted by molar-refractivity contribution is 8.34. The normalized spacial score (nSPS) is 12.6. The van der Waals surface area contributed by atoms with Crippen LogP contribution in [0.3, 0.4) is 0 Å². The summed E-state index contributed by atoms with van der Waals surface area (Å²) in [6.45, 7) is 11.9. The van der Waals surface area contributed by atoms with Crippen molar-refractivity contribution in [1.82, 2.24) is 0 Å². The van der Waals surface area contributed by atoms with Crippen molar-refractivity contribution in [3.63, 3.8) is 0 Å². The first-order valence-electron chi connectivity index (χ1n) is 31.5. The van der Waals surface area contributed by atoms with E-state index in [1.54, 1.807) is 36.4 Å². The molecule has 12 aromatic rings. The highest BCUT2D eigenvalue weighted by atomic mass is 32.3. The van der Waals surface area contributed by atoms with Gasteiger partial charge in [0.05, 0.1) is 14.7 Å². The summed E-state index contributed by atoms with van der Waals surface area (Å²) in [6, 6.07) is 108. The highest BCUT2D eigenvalue weighted by Gasteiger charge is 2.42. The Bertz CT molecular complexity index is 4010. The molecule has 0 heterocycles. The molecule has 0 atom stereocenters. The first kappa shape index (κ1) is 70.2. The van der Waals surface area contributed by atoms with E-state index in [0.29, 0.717) is 0 Å². The van der Waals surface area contributed by atoms with Gasteiger partial charge in [-0.3, -0.25) is 0 Å². The van der Waals surface area contributed by atoms with Crippen LogP contribution in [-0.2, 0) is 41.2 Å². The first-order chi connectivity index (χ1) is 46.3. The molecule has 0 unspecified atom stereocenters. The second kappa shape index (κ2) is 31.5. The summed E-state index contributed by atoms with van der Waals surface area (Å²) in [4.78, 5) is 8.05. The molecule has 0 aliphatic heterocycles. The third kappa shape index (κ3) is 15.5. The predicted molar refractivity (Wildman–Crippen MR) is 392 cm³/mol. The molecule has 0 aromatic heterocycles. The third-order valence-electron chi connectivity index (χ3n) is 15.7. The molecule has 0 N–H and O–H groups in total.